The van der Waals surface area contributed by atoms with Gasteiger partial charge in [0.05, 0.1) is 25.4 Å². The Hall–Kier alpha value is -0.553. The minimum atomic E-state index is -1.68. The van der Waals surface area contributed by atoms with Crippen LogP contribution < -0.4 is 0 Å². The minimum absolute atomic E-state index is 0.000814. The van der Waals surface area contributed by atoms with E-state index in [0.717, 1.165) is 12.8 Å². The molecule has 1 heterocycles. The molecule has 0 radical (unpaired) electrons. The first kappa shape index (κ1) is 15.5. The van der Waals surface area contributed by atoms with Gasteiger partial charge < -0.3 is 9.16 Å². The third kappa shape index (κ3) is 4.28. The van der Waals surface area contributed by atoms with E-state index in [1.54, 1.807) is 0 Å². The maximum Gasteiger partial charge on any atom is 0.192 e. The first-order valence-corrected chi connectivity index (χ1v) is 9.47. The van der Waals surface area contributed by atoms with Crippen molar-refractivity contribution in [2.45, 2.75) is 63.9 Å². The molecule has 0 N–H and O–H groups in total. The van der Waals surface area contributed by atoms with Gasteiger partial charge in [-0.05, 0) is 36.5 Å². The summed E-state index contributed by atoms with van der Waals surface area (Å²) in [5.74, 6) is 0. The van der Waals surface area contributed by atoms with Gasteiger partial charge in [-0.3, -0.25) is 0 Å². The van der Waals surface area contributed by atoms with E-state index in [2.05, 4.69) is 43.9 Å². The lowest BCUT2D eigenvalue weighted by atomic mass is 10.1. The van der Waals surface area contributed by atoms with E-state index in [0.29, 0.717) is 13.2 Å². The van der Waals surface area contributed by atoms with Crippen molar-refractivity contribution in [3.8, 4) is 0 Å². The van der Waals surface area contributed by atoms with Crippen LogP contribution in [0.3, 0.4) is 0 Å². The van der Waals surface area contributed by atoms with Gasteiger partial charge in [-0.25, -0.2) is 0 Å². The average Bonchev–Trinajstić information content (AvgIpc) is 2.27. The molecular formula is C12H25N3O2Si. The Kier molecular flexibility index (Phi) is 5.22. The van der Waals surface area contributed by atoms with Crippen molar-refractivity contribution < 1.29 is 9.16 Å². The molecule has 1 aliphatic rings. The molecular weight excluding hydrogens is 246 g/mol. The summed E-state index contributed by atoms with van der Waals surface area (Å²) < 4.78 is 11.8. The Morgan fingerprint density at radius 2 is 2.06 bits per heavy atom. The summed E-state index contributed by atoms with van der Waals surface area (Å²) in [6, 6.07) is -0.000814. The fraction of sp³-hybridized carbons (Fsp3) is 1.00. The van der Waals surface area contributed by atoms with Crippen LogP contribution >= 0.6 is 0 Å². The van der Waals surface area contributed by atoms with E-state index < -0.39 is 8.32 Å². The zero-order chi connectivity index (χ0) is 13.8. The average molecular weight is 271 g/mol. The number of ether oxygens (including phenoxy) is 1. The lowest BCUT2D eigenvalue weighted by molar-refractivity contribution is -0.0223. The molecule has 18 heavy (non-hydrogen) atoms. The summed E-state index contributed by atoms with van der Waals surface area (Å²) >= 11 is 0. The number of hydrogen-bond donors (Lipinski definition) is 0. The third-order valence-electron chi connectivity index (χ3n) is 4.00. The van der Waals surface area contributed by atoms with Gasteiger partial charge in [-0.2, -0.15) is 0 Å². The lowest BCUT2D eigenvalue weighted by Gasteiger charge is -2.38. The first-order valence-electron chi connectivity index (χ1n) is 6.56. The van der Waals surface area contributed by atoms with Crippen molar-refractivity contribution in [3.05, 3.63) is 10.4 Å². The number of rotatable bonds is 4. The molecule has 0 aliphatic carbocycles. The normalized spacial score (nSPS) is 25.6. The zero-order valence-electron chi connectivity index (χ0n) is 12.1. The molecule has 1 saturated heterocycles. The lowest BCUT2D eigenvalue weighted by Crippen LogP contribution is -2.44. The topological polar surface area (TPSA) is 67.2 Å². The van der Waals surface area contributed by atoms with Crippen molar-refractivity contribution in [2.75, 3.05) is 13.2 Å². The van der Waals surface area contributed by atoms with Crippen LogP contribution in [0.5, 0.6) is 0 Å². The largest absolute Gasteiger partial charge is 0.414 e. The van der Waals surface area contributed by atoms with Crippen molar-refractivity contribution in [1.82, 2.24) is 0 Å². The predicted molar refractivity (Wildman–Crippen MR) is 75.1 cm³/mol. The molecule has 0 spiro atoms. The van der Waals surface area contributed by atoms with Crippen LogP contribution in [0.25, 0.3) is 10.4 Å². The fourth-order valence-corrected chi connectivity index (χ4v) is 2.64. The second kappa shape index (κ2) is 6.06. The number of azide groups is 1. The quantitative estimate of drug-likeness (QED) is 0.337. The Labute approximate surface area is 111 Å². The first-order chi connectivity index (χ1) is 8.26. The van der Waals surface area contributed by atoms with Gasteiger partial charge >= 0.3 is 0 Å². The Balaban J connectivity index is 2.36. The molecule has 0 aromatic carbocycles. The van der Waals surface area contributed by atoms with Crippen LogP contribution in [0, 0.1) is 0 Å². The molecule has 1 rings (SSSR count). The van der Waals surface area contributed by atoms with Crippen molar-refractivity contribution in [3.63, 3.8) is 0 Å². The second-order valence-corrected chi connectivity index (χ2v) is 11.3. The molecule has 0 bridgehead atoms. The number of hydrogen-bond acceptors (Lipinski definition) is 3. The molecule has 1 fully saturated rings. The highest BCUT2D eigenvalue weighted by Gasteiger charge is 2.38. The summed E-state index contributed by atoms with van der Waals surface area (Å²) in [4.78, 5) is 2.82. The highest BCUT2D eigenvalue weighted by molar-refractivity contribution is 6.74. The molecule has 6 heteroatoms. The zero-order valence-corrected chi connectivity index (χ0v) is 13.1. The highest BCUT2D eigenvalue weighted by Crippen LogP contribution is 2.36. The minimum Gasteiger partial charge on any atom is -0.414 e. The van der Waals surface area contributed by atoms with Crippen LogP contribution in [0.4, 0.5) is 0 Å². The maximum atomic E-state index is 8.37. The van der Waals surface area contributed by atoms with Crippen molar-refractivity contribution in [2.24, 2.45) is 5.11 Å². The summed E-state index contributed by atoms with van der Waals surface area (Å²) in [5, 5.41) is 3.92. The van der Waals surface area contributed by atoms with Crippen molar-refractivity contribution in [1.29, 1.82) is 0 Å². The molecule has 2 atom stereocenters. The van der Waals surface area contributed by atoms with E-state index in [9.17, 15) is 0 Å². The third-order valence-corrected chi connectivity index (χ3v) is 8.50. The van der Waals surface area contributed by atoms with Gasteiger partial charge in [-0.15, -0.1) is 0 Å². The number of nitrogens with zero attached hydrogens (tertiary/aromatic N) is 3. The summed E-state index contributed by atoms with van der Waals surface area (Å²) in [6.07, 6.45) is 1.97. The molecule has 0 saturated carbocycles. The van der Waals surface area contributed by atoms with Gasteiger partial charge in [0.25, 0.3) is 0 Å². The SMILES string of the molecule is CC(C)(C)[Si](C)(C)OC[C@@H]1CCC(N=[N+]=[N-])CO1. The second-order valence-electron chi connectivity index (χ2n) is 6.46. The molecule has 0 aromatic rings. The van der Waals surface area contributed by atoms with Crippen LogP contribution in [-0.2, 0) is 9.16 Å². The van der Waals surface area contributed by atoms with Crippen LogP contribution in [0.1, 0.15) is 33.6 Å². The van der Waals surface area contributed by atoms with E-state index in [1.807, 2.05) is 0 Å². The Bertz CT molecular complexity index is 314. The molecule has 5 nitrogen and oxygen atoms in total. The summed E-state index contributed by atoms with van der Waals surface area (Å²) in [5.41, 5.74) is 8.37. The smallest absolute Gasteiger partial charge is 0.192 e. The van der Waals surface area contributed by atoms with Crippen LogP contribution in [-0.4, -0.2) is 33.7 Å². The monoisotopic (exact) mass is 271 g/mol. The van der Waals surface area contributed by atoms with Crippen LogP contribution in [0.2, 0.25) is 18.1 Å². The molecule has 1 unspecified atom stereocenters. The predicted octanol–water partition coefficient (Wildman–Crippen LogP) is 3.87. The van der Waals surface area contributed by atoms with Crippen molar-refractivity contribution >= 4 is 8.32 Å². The molecule has 0 aromatic heterocycles. The summed E-state index contributed by atoms with van der Waals surface area (Å²) in [7, 11) is -1.68. The van der Waals surface area contributed by atoms with E-state index in [-0.39, 0.29) is 17.2 Å². The Morgan fingerprint density at radius 1 is 1.39 bits per heavy atom. The van der Waals surface area contributed by atoms with Gasteiger partial charge in [0, 0.05) is 4.91 Å². The Morgan fingerprint density at radius 3 is 2.50 bits per heavy atom. The molecule has 1 aliphatic heterocycles. The van der Waals surface area contributed by atoms with Gasteiger partial charge in [-0.1, -0.05) is 25.9 Å². The standard InChI is InChI=1S/C12H25N3O2Si/c1-12(2,3)18(4,5)17-9-11-7-6-10(8-16-11)14-15-13/h10-11H,6-9H2,1-5H3/t10?,11-/m0/s1. The molecule has 0 amide bonds. The summed E-state index contributed by atoms with van der Waals surface area (Å²) in [6.45, 7) is 12.4. The van der Waals surface area contributed by atoms with E-state index in [4.69, 9.17) is 14.7 Å². The molecule has 104 valence electrons. The van der Waals surface area contributed by atoms with E-state index in [1.165, 1.54) is 0 Å². The van der Waals surface area contributed by atoms with Crippen LogP contribution in [0.15, 0.2) is 5.11 Å². The van der Waals surface area contributed by atoms with Gasteiger partial charge in [0.1, 0.15) is 0 Å². The van der Waals surface area contributed by atoms with Gasteiger partial charge in [0.15, 0.2) is 8.32 Å². The van der Waals surface area contributed by atoms with Gasteiger partial charge in [0.2, 0.25) is 0 Å². The maximum absolute atomic E-state index is 8.37. The van der Waals surface area contributed by atoms with E-state index >= 15 is 0 Å². The highest BCUT2D eigenvalue weighted by atomic mass is 28.4. The fourth-order valence-electron chi connectivity index (χ4n) is 1.61.